The highest BCUT2D eigenvalue weighted by Crippen LogP contribution is 2.20. The summed E-state index contributed by atoms with van der Waals surface area (Å²) in [6, 6.07) is 21.2. The molecule has 4 rings (SSSR count). The fourth-order valence-corrected chi connectivity index (χ4v) is 4.34. The van der Waals surface area contributed by atoms with Crippen LogP contribution in [0.15, 0.2) is 85.1 Å². The second-order valence-electron chi connectivity index (χ2n) is 10.8. The lowest BCUT2D eigenvalue weighted by molar-refractivity contribution is -0.149. The van der Waals surface area contributed by atoms with Crippen molar-refractivity contribution >= 4 is 28.9 Å². The lowest BCUT2D eigenvalue weighted by Gasteiger charge is -2.25. The Labute approximate surface area is 238 Å². The van der Waals surface area contributed by atoms with Gasteiger partial charge in [-0.3, -0.25) is 4.79 Å². The van der Waals surface area contributed by atoms with Crippen molar-refractivity contribution in [2.75, 3.05) is 0 Å². The molecule has 4 aromatic rings. The van der Waals surface area contributed by atoms with Crippen LogP contribution in [0.2, 0.25) is 0 Å². The van der Waals surface area contributed by atoms with Crippen molar-refractivity contribution in [3.63, 3.8) is 0 Å². The molecule has 3 aromatic carbocycles. The lowest BCUT2D eigenvalue weighted by atomic mass is 10.0. The zero-order valence-corrected chi connectivity index (χ0v) is 23.3. The fraction of sp³-hybridized carbons (Fsp3) is 0.281. The van der Waals surface area contributed by atoms with Crippen molar-refractivity contribution in [2.24, 2.45) is 0 Å². The van der Waals surface area contributed by atoms with Crippen LogP contribution in [0.3, 0.4) is 0 Å². The van der Waals surface area contributed by atoms with Crippen LogP contribution in [0.1, 0.15) is 37.5 Å². The van der Waals surface area contributed by atoms with Crippen LogP contribution in [-0.2, 0) is 38.5 Å². The average Bonchev–Trinajstić information content (AvgIpc) is 3.34. The van der Waals surface area contributed by atoms with E-state index in [9.17, 15) is 19.5 Å². The summed E-state index contributed by atoms with van der Waals surface area (Å²) in [5.41, 5.74) is 2.47. The van der Waals surface area contributed by atoms with E-state index in [2.05, 4.69) is 15.6 Å². The number of para-hydroxylation sites is 1. The minimum absolute atomic E-state index is 0.0486. The van der Waals surface area contributed by atoms with E-state index < -0.39 is 35.7 Å². The first-order valence-corrected chi connectivity index (χ1v) is 13.4. The number of aromatic hydroxyl groups is 1. The first kappa shape index (κ1) is 29.2. The van der Waals surface area contributed by atoms with Crippen molar-refractivity contribution in [3.05, 3.63) is 102 Å². The molecule has 1 aromatic heterocycles. The van der Waals surface area contributed by atoms with Crippen molar-refractivity contribution < 1.29 is 29.0 Å². The topological polar surface area (TPSA) is 130 Å². The fourth-order valence-electron chi connectivity index (χ4n) is 4.34. The third kappa shape index (κ3) is 8.60. The van der Waals surface area contributed by atoms with Gasteiger partial charge >= 0.3 is 12.1 Å². The molecule has 0 spiro atoms. The quantitative estimate of drug-likeness (QED) is 0.208. The number of amides is 2. The number of benzene rings is 3. The summed E-state index contributed by atoms with van der Waals surface area (Å²) in [7, 11) is 0. The zero-order chi connectivity index (χ0) is 29.4. The zero-order valence-electron chi connectivity index (χ0n) is 23.3. The van der Waals surface area contributed by atoms with Crippen molar-refractivity contribution in [1.82, 2.24) is 15.6 Å². The summed E-state index contributed by atoms with van der Waals surface area (Å²) in [4.78, 5) is 42.8. The number of aromatic nitrogens is 1. The van der Waals surface area contributed by atoms with E-state index in [0.717, 1.165) is 22.0 Å². The van der Waals surface area contributed by atoms with Gasteiger partial charge in [-0.1, -0.05) is 60.7 Å². The molecule has 2 amide bonds. The Balaban J connectivity index is 1.56. The second-order valence-corrected chi connectivity index (χ2v) is 10.8. The number of H-pyrrole nitrogens is 1. The van der Waals surface area contributed by atoms with Gasteiger partial charge in [0, 0.05) is 29.9 Å². The number of phenolic OH excluding ortho intramolecular Hbond substituents is 1. The van der Waals surface area contributed by atoms with Crippen LogP contribution in [0.25, 0.3) is 10.9 Å². The van der Waals surface area contributed by atoms with E-state index in [1.807, 2.05) is 54.6 Å². The largest absolute Gasteiger partial charge is 0.508 e. The molecule has 0 saturated heterocycles. The Morgan fingerprint density at radius 1 is 0.829 bits per heavy atom. The molecule has 214 valence electrons. The van der Waals surface area contributed by atoms with E-state index in [4.69, 9.17) is 9.47 Å². The summed E-state index contributed by atoms with van der Waals surface area (Å²) in [6.45, 7) is 5.22. The number of hydrogen-bond acceptors (Lipinski definition) is 6. The van der Waals surface area contributed by atoms with Gasteiger partial charge in [-0.15, -0.1) is 0 Å². The minimum atomic E-state index is -1.07. The van der Waals surface area contributed by atoms with Gasteiger partial charge < -0.3 is 30.2 Å². The summed E-state index contributed by atoms with van der Waals surface area (Å²) in [5.74, 6) is -1.10. The normalized spacial score (nSPS) is 12.8. The third-order valence-corrected chi connectivity index (χ3v) is 6.31. The number of alkyl carbamates (subject to hydrolysis) is 1. The number of phenols is 1. The smallest absolute Gasteiger partial charge is 0.408 e. The Morgan fingerprint density at radius 2 is 1.51 bits per heavy atom. The SMILES string of the molecule is CC(C)(C)OC(=O)N[C@@H](Cc1ccc(O)cc1)C(=O)N[C@@H](Cc1c[nH]c2ccccc12)C(=O)OCc1ccccc1. The van der Waals surface area contributed by atoms with E-state index in [0.29, 0.717) is 5.56 Å². The first-order valence-electron chi connectivity index (χ1n) is 13.4. The number of ether oxygens (including phenoxy) is 2. The van der Waals surface area contributed by atoms with Crippen molar-refractivity contribution in [1.29, 1.82) is 0 Å². The van der Waals surface area contributed by atoms with E-state index in [1.54, 1.807) is 39.1 Å². The molecule has 41 heavy (non-hydrogen) atoms. The van der Waals surface area contributed by atoms with Crippen LogP contribution < -0.4 is 10.6 Å². The number of esters is 1. The Hall–Kier alpha value is -4.79. The van der Waals surface area contributed by atoms with Gasteiger partial charge in [-0.05, 0) is 55.7 Å². The minimum Gasteiger partial charge on any atom is -0.508 e. The first-order chi connectivity index (χ1) is 19.6. The number of hydrogen-bond donors (Lipinski definition) is 4. The highest BCUT2D eigenvalue weighted by Gasteiger charge is 2.30. The molecule has 0 radical (unpaired) electrons. The summed E-state index contributed by atoms with van der Waals surface area (Å²) < 4.78 is 11.0. The maximum atomic E-state index is 13.7. The van der Waals surface area contributed by atoms with Crippen LogP contribution in [-0.4, -0.2) is 45.7 Å². The van der Waals surface area contributed by atoms with E-state index in [1.165, 1.54) is 12.1 Å². The predicted molar refractivity (Wildman–Crippen MR) is 155 cm³/mol. The van der Waals surface area contributed by atoms with Crippen LogP contribution in [0.4, 0.5) is 4.79 Å². The predicted octanol–water partition coefficient (Wildman–Crippen LogP) is 4.78. The Kier molecular flexibility index (Phi) is 9.29. The van der Waals surface area contributed by atoms with Gasteiger partial charge in [0.1, 0.15) is 30.0 Å². The van der Waals surface area contributed by atoms with Crippen molar-refractivity contribution in [3.8, 4) is 5.75 Å². The molecule has 1 heterocycles. The Morgan fingerprint density at radius 3 is 2.22 bits per heavy atom. The van der Waals surface area contributed by atoms with E-state index in [-0.39, 0.29) is 25.2 Å². The highest BCUT2D eigenvalue weighted by molar-refractivity contribution is 5.91. The molecule has 9 heteroatoms. The van der Waals surface area contributed by atoms with E-state index >= 15 is 0 Å². The maximum Gasteiger partial charge on any atom is 0.408 e. The monoisotopic (exact) mass is 557 g/mol. The Bertz CT molecular complexity index is 1470. The van der Waals surface area contributed by atoms with Crippen LogP contribution >= 0.6 is 0 Å². The number of rotatable bonds is 10. The molecule has 0 aliphatic rings. The number of nitrogens with one attached hydrogen (secondary N) is 3. The van der Waals surface area contributed by atoms with Gasteiger partial charge in [-0.25, -0.2) is 9.59 Å². The molecule has 0 bridgehead atoms. The molecule has 9 nitrogen and oxygen atoms in total. The van der Waals surface area contributed by atoms with Gasteiger partial charge in [0.15, 0.2) is 0 Å². The third-order valence-electron chi connectivity index (χ3n) is 6.31. The molecule has 0 aliphatic carbocycles. The van der Waals surface area contributed by atoms with Crippen LogP contribution in [0, 0.1) is 0 Å². The molecule has 0 aliphatic heterocycles. The van der Waals surface area contributed by atoms with Gasteiger partial charge in [-0.2, -0.15) is 0 Å². The van der Waals surface area contributed by atoms with Gasteiger partial charge in [0.05, 0.1) is 0 Å². The summed E-state index contributed by atoms with van der Waals surface area (Å²) >= 11 is 0. The summed E-state index contributed by atoms with van der Waals surface area (Å²) in [6.07, 6.45) is 1.31. The standard InChI is InChI=1S/C32H35N3O6/c1-32(2,3)41-31(39)35-27(17-21-13-15-24(36)16-14-21)29(37)34-28(30(38)40-20-22-9-5-4-6-10-22)18-23-19-33-26-12-8-7-11-25(23)26/h4-16,19,27-28,33,36H,17-18,20H2,1-3H3,(H,34,37)(H,35,39)/t27-,28-/m0/s1. The number of fused-ring (bicyclic) bond motifs is 1. The highest BCUT2D eigenvalue weighted by atomic mass is 16.6. The average molecular weight is 558 g/mol. The van der Waals surface area contributed by atoms with Crippen LogP contribution in [0.5, 0.6) is 5.75 Å². The van der Waals surface area contributed by atoms with Gasteiger partial charge in [0.25, 0.3) is 0 Å². The second kappa shape index (κ2) is 13.0. The molecule has 0 fully saturated rings. The molecule has 0 unspecified atom stereocenters. The number of carbonyl (C=O) groups is 3. The number of aromatic amines is 1. The molecule has 4 N–H and O–H groups in total. The summed E-state index contributed by atoms with van der Waals surface area (Å²) in [5, 5.41) is 16.0. The molecule has 0 saturated carbocycles. The van der Waals surface area contributed by atoms with Gasteiger partial charge in [0.2, 0.25) is 5.91 Å². The maximum absolute atomic E-state index is 13.7. The van der Waals surface area contributed by atoms with Crippen molar-refractivity contribution in [2.45, 2.75) is 57.9 Å². The molecular formula is C32H35N3O6. The lowest BCUT2D eigenvalue weighted by Crippen LogP contribution is -2.54. The molecular weight excluding hydrogens is 522 g/mol. The number of carbonyl (C=O) groups excluding carboxylic acids is 3. The molecule has 2 atom stereocenters.